The van der Waals surface area contributed by atoms with E-state index in [1.807, 2.05) is 11.8 Å². The minimum Gasteiger partial charge on any atom is -0.343 e. The Bertz CT molecular complexity index is 822. The lowest BCUT2D eigenvalue weighted by Gasteiger charge is -2.21. The summed E-state index contributed by atoms with van der Waals surface area (Å²) >= 11 is 0. The van der Waals surface area contributed by atoms with E-state index >= 15 is 0 Å². The van der Waals surface area contributed by atoms with Crippen molar-refractivity contribution in [2.75, 3.05) is 32.0 Å². The van der Waals surface area contributed by atoms with Gasteiger partial charge in [0.15, 0.2) is 0 Å². The number of hydrogen-bond acceptors (Lipinski definition) is 3. The minimum absolute atomic E-state index is 0.144. The molecule has 0 saturated carbocycles. The lowest BCUT2D eigenvalue weighted by Crippen LogP contribution is -2.36. The maximum atomic E-state index is 13.7. The van der Waals surface area contributed by atoms with E-state index in [9.17, 15) is 14.0 Å². The molecule has 0 aliphatic carbocycles. The van der Waals surface area contributed by atoms with E-state index < -0.39 is 0 Å². The third-order valence-corrected chi connectivity index (χ3v) is 4.73. The van der Waals surface area contributed by atoms with E-state index in [-0.39, 0.29) is 30.2 Å². The average molecular weight is 373 g/mol. The fourth-order valence-electron chi connectivity index (χ4n) is 3.29. The Morgan fingerprint density at radius 2 is 2.19 bits per heavy atom. The van der Waals surface area contributed by atoms with Gasteiger partial charge in [-0.25, -0.2) is 9.18 Å². The van der Waals surface area contributed by atoms with Crippen molar-refractivity contribution in [2.45, 2.75) is 19.9 Å². The molecular formula is C19H24FN5O2. The van der Waals surface area contributed by atoms with Crippen molar-refractivity contribution in [3.63, 3.8) is 0 Å². The first-order chi connectivity index (χ1) is 13.0. The molecule has 0 bridgehead atoms. The molecule has 1 atom stereocenters. The van der Waals surface area contributed by atoms with Crippen molar-refractivity contribution in [1.29, 1.82) is 0 Å². The van der Waals surface area contributed by atoms with Crippen molar-refractivity contribution in [3.05, 3.63) is 48.0 Å². The van der Waals surface area contributed by atoms with Gasteiger partial charge < -0.3 is 15.1 Å². The molecule has 0 radical (unpaired) electrons. The SMILES string of the molecule is CCN1CC(CN(C)C(=O)Nc2cnn(Cc3ccccc3F)c2)CC1=O. The van der Waals surface area contributed by atoms with E-state index in [2.05, 4.69) is 10.4 Å². The summed E-state index contributed by atoms with van der Waals surface area (Å²) in [6.45, 7) is 4.14. The van der Waals surface area contributed by atoms with Gasteiger partial charge in [-0.1, -0.05) is 18.2 Å². The number of nitrogens with zero attached hydrogens (tertiary/aromatic N) is 4. The molecule has 1 aliphatic heterocycles. The second-order valence-electron chi connectivity index (χ2n) is 6.83. The van der Waals surface area contributed by atoms with Crippen LogP contribution in [-0.4, -0.2) is 58.2 Å². The fourth-order valence-corrected chi connectivity index (χ4v) is 3.29. The number of carbonyl (C=O) groups excluding carboxylic acids is 2. The highest BCUT2D eigenvalue weighted by molar-refractivity contribution is 5.89. The van der Waals surface area contributed by atoms with Crippen LogP contribution in [-0.2, 0) is 11.3 Å². The first-order valence-corrected chi connectivity index (χ1v) is 9.02. The molecule has 1 aromatic heterocycles. The van der Waals surface area contributed by atoms with E-state index in [4.69, 9.17) is 0 Å². The van der Waals surface area contributed by atoms with Crippen molar-refractivity contribution in [2.24, 2.45) is 5.92 Å². The molecule has 144 valence electrons. The number of carbonyl (C=O) groups is 2. The Hall–Kier alpha value is -2.90. The molecule has 0 spiro atoms. The lowest BCUT2D eigenvalue weighted by atomic mass is 10.1. The summed E-state index contributed by atoms with van der Waals surface area (Å²) < 4.78 is 15.3. The zero-order valence-electron chi connectivity index (χ0n) is 15.6. The average Bonchev–Trinajstić information content (AvgIpc) is 3.22. The number of benzene rings is 1. The number of rotatable bonds is 6. The molecule has 7 nitrogen and oxygen atoms in total. The largest absolute Gasteiger partial charge is 0.343 e. The number of urea groups is 1. The molecule has 27 heavy (non-hydrogen) atoms. The normalized spacial score (nSPS) is 16.6. The highest BCUT2D eigenvalue weighted by Crippen LogP contribution is 2.18. The zero-order valence-corrected chi connectivity index (χ0v) is 15.6. The van der Waals surface area contributed by atoms with Gasteiger partial charge in [-0.15, -0.1) is 0 Å². The summed E-state index contributed by atoms with van der Waals surface area (Å²) in [7, 11) is 1.71. The summed E-state index contributed by atoms with van der Waals surface area (Å²) in [6, 6.07) is 6.26. The number of hydrogen-bond donors (Lipinski definition) is 1. The van der Waals surface area contributed by atoms with E-state index in [0.717, 1.165) is 0 Å². The van der Waals surface area contributed by atoms with Crippen LogP contribution in [0.25, 0.3) is 0 Å². The summed E-state index contributed by atoms with van der Waals surface area (Å²) in [5.74, 6) is 0.00765. The Morgan fingerprint density at radius 3 is 2.89 bits per heavy atom. The molecule has 3 rings (SSSR count). The van der Waals surface area contributed by atoms with Gasteiger partial charge in [0.25, 0.3) is 0 Å². The first kappa shape index (κ1) is 18.9. The maximum absolute atomic E-state index is 13.7. The van der Waals surface area contributed by atoms with Crippen LogP contribution in [0.4, 0.5) is 14.9 Å². The smallest absolute Gasteiger partial charge is 0.321 e. The second-order valence-corrected chi connectivity index (χ2v) is 6.83. The van der Waals surface area contributed by atoms with Gasteiger partial charge in [-0.3, -0.25) is 9.48 Å². The quantitative estimate of drug-likeness (QED) is 0.845. The molecule has 1 saturated heterocycles. The number of amides is 3. The van der Waals surface area contributed by atoms with Crippen LogP contribution in [0.2, 0.25) is 0 Å². The van der Waals surface area contributed by atoms with E-state index in [1.165, 1.54) is 12.3 Å². The van der Waals surface area contributed by atoms with Crippen molar-refractivity contribution < 1.29 is 14.0 Å². The van der Waals surface area contributed by atoms with E-state index in [1.54, 1.807) is 41.0 Å². The van der Waals surface area contributed by atoms with Crippen molar-refractivity contribution >= 4 is 17.6 Å². The van der Waals surface area contributed by atoms with Crippen LogP contribution in [0.3, 0.4) is 0 Å². The Labute approximate surface area is 157 Å². The van der Waals surface area contributed by atoms with E-state index in [0.29, 0.717) is 37.3 Å². The molecule has 3 amide bonds. The maximum Gasteiger partial charge on any atom is 0.321 e. The van der Waals surface area contributed by atoms with Crippen LogP contribution in [0, 0.1) is 11.7 Å². The topological polar surface area (TPSA) is 70.5 Å². The first-order valence-electron chi connectivity index (χ1n) is 9.02. The molecule has 1 aromatic carbocycles. The molecule has 1 fully saturated rings. The molecule has 8 heteroatoms. The predicted molar refractivity (Wildman–Crippen MR) is 99.7 cm³/mol. The fraction of sp³-hybridized carbons (Fsp3) is 0.421. The predicted octanol–water partition coefficient (Wildman–Crippen LogP) is 2.40. The van der Waals surface area contributed by atoms with Gasteiger partial charge in [0.05, 0.1) is 18.4 Å². The number of likely N-dealkylation sites (tertiary alicyclic amines) is 1. The zero-order chi connectivity index (χ0) is 19.4. The van der Waals surface area contributed by atoms with Crippen molar-refractivity contribution in [3.8, 4) is 0 Å². The highest BCUT2D eigenvalue weighted by atomic mass is 19.1. The third-order valence-electron chi connectivity index (χ3n) is 4.73. The minimum atomic E-state index is -0.287. The van der Waals surface area contributed by atoms with Gasteiger partial charge >= 0.3 is 6.03 Å². The molecule has 1 aliphatic rings. The summed E-state index contributed by atoms with van der Waals surface area (Å²) in [5.41, 5.74) is 1.07. The Morgan fingerprint density at radius 1 is 1.41 bits per heavy atom. The molecule has 1 N–H and O–H groups in total. The number of aromatic nitrogens is 2. The van der Waals surface area contributed by atoms with Gasteiger partial charge in [-0.2, -0.15) is 5.10 Å². The monoisotopic (exact) mass is 373 g/mol. The van der Waals surface area contributed by atoms with Crippen LogP contribution in [0.1, 0.15) is 18.9 Å². The summed E-state index contributed by atoms with van der Waals surface area (Å²) in [4.78, 5) is 27.6. The van der Waals surface area contributed by atoms with Gasteiger partial charge in [0.1, 0.15) is 5.82 Å². The highest BCUT2D eigenvalue weighted by Gasteiger charge is 2.30. The van der Waals surface area contributed by atoms with Crippen LogP contribution in [0.15, 0.2) is 36.7 Å². The number of halogens is 1. The number of nitrogens with one attached hydrogen (secondary N) is 1. The van der Waals surface area contributed by atoms with Gasteiger partial charge in [-0.05, 0) is 13.0 Å². The molecular weight excluding hydrogens is 349 g/mol. The third kappa shape index (κ3) is 4.64. The Balaban J connectivity index is 1.53. The van der Waals surface area contributed by atoms with Crippen molar-refractivity contribution in [1.82, 2.24) is 19.6 Å². The second kappa shape index (κ2) is 8.20. The van der Waals surface area contributed by atoms with Crippen LogP contribution >= 0.6 is 0 Å². The molecule has 1 unspecified atom stereocenters. The lowest BCUT2D eigenvalue weighted by molar-refractivity contribution is -0.127. The van der Waals surface area contributed by atoms with Crippen LogP contribution in [0.5, 0.6) is 0 Å². The van der Waals surface area contributed by atoms with Gasteiger partial charge in [0.2, 0.25) is 5.91 Å². The van der Waals surface area contributed by atoms with Gasteiger partial charge in [0, 0.05) is 50.8 Å². The summed E-state index contributed by atoms with van der Waals surface area (Å²) in [6.07, 6.45) is 3.67. The molecule has 2 aromatic rings. The van der Waals surface area contributed by atoms with Crippen LogP contribution < -0.4 is 5.32 Å². The Kier molecular flexibility index (Phi) is 5.73. The summed E-state index contributed by atoms with van der Waals surface area (Å²) in [5, 5.41) is 6.95. The molecule has 2 heterocycles. The standard InChI is InChI=1S/C19H24FN5O2/c1-3-24-11-14(8-18(24)26)10-23(2)19(27)22-16-9-21-25(13-16)12-15-6-4-5-7-17(15)20/h4-7,9,13-14H,3,8,10-12H2,1-2H3,(H,22,27). The number of anilines is 1.